The van der Waals surface area contributed by atoms with E-state index < -0.39 is 22.5 Å². The van der Waals surface area contributed by atoms with Gasteiger partial charge in [0.15, 0.2) is 0 Å². The standard InChI is InChI=1S/C17H18BrN3O5S/c1-21(27(24,25)15-6-4-14(26-2)5-7-15)11-17(23)20-19-10-12-9-13(18)3-8-16(12)22/h3-10,22H,11H2,1-2H3,(H,20,23). The summed E-state index contributed by atoms with van der Waals surface area (Å²) < 4.78 is 31.6. The van der Waals surface area contributed by atoms with Gasteiger partial charge in [0.25, 0.3) is 5.91 Å². The predicted molar refractivity (Wildman–Crippen MR) is 104 cm³/mol. The van der Waals surface area contributed by atoms with Crippen molar-refractivity contribution in [1.29, 1.82) is 0 Å². The van der Waals surface area contributed by atoms with Crippen molar-refractivity contribution >= 4 is 38.1 Å². The molecule has 0 spiro atoms. The second-order valence-electron chi connectivity index (χ2n) is 5.43. The van der Waals surface area contributed by atoms with Crippen molar-refractivity contribution in [3.05, 3.63) is 52.5 Å². The van der Waals surface area contributed by atoms with Crippen LogP contribution in [0.2, 0.25) is 0 Å². The van der Waals surface area contributed by atoms with Gasteiger partial charge in [0.2, 0.25) is 10.0 Å². The maximum Gasteiger partial charge on any atom is 0.255 e. The van der Waals surface area contributed by atoms with E-state index in [1.807, 2.05) is 0 Å². The third-order valence-electron chi connectivity index (χ3n) is 3.52. The molecule has 0 saturated heterocycles. The first-order chi connectivity index (χ1) is 12.7. The van der Waals surface area contributed by atoms with Crippen LogP contribution in [0.1, 0.15) is 5.56 Å². The van der Waals surface area contributed by atoms with E-state index in [1.165, 1.54) is 50.7 Å². The number of phenols is 1. The van der Waals surface area contributed by atoms with E-state index in [4.69, 9.17) is 4.74 Å². The zero-order chi connectivity index (χ0) is 20.0. The Balaban J connectivity index is 1.99. The van der Waals surface area contributed by atoms with Crippen molar-refractivity contribution in [2.24, 2.45) is 5.10 Å². The summed E-state index contributed by atoms with van der Waals surface area (Å²) in [5, 5.41) is 13.4. The number of nitrogens with zero attached hydrogens (tertiary/aromatic N) is 2. The zero-order valence-electron chi connectivity index (χ0n) is 14.6. The van der Waals surface area contributed by atoms with Crippen LogP contribution in [0.15, 0.2) is 56.9 Å². The van der Waals surface area contributed by atoms with Crippen molar-refractivity contribution in [1.82, 2.24) is 9.73 Å². The van der Waals surface area contributed by atoms with E-state index in [0.717, 1.165) is 8.78 Å². The number of methoxy groups -OCH3 is 1. The maximum absolute atomic E-state index is 12.5. The Morgan fingerprint density at radius 1 is 1.30 bits per heavy atom. The maximum atomic E-state index is 12.5. The molecule has 1 amide bonds. The summed E-state index contributed by atoms with van der Waals surface area (Å²) in [5.74, 6) is -0.102. The molecule has 0 heterocycles. The molecule has 2 rings (SSSR count). The Hall–Kier alpha value is -2.43. The highest BCUT2D eigenvalue weighted by Gasteiger charge is 2.22. The average molecular weight is 456 g/mol. The molecule has 0 aliphatic carbocycles. The minimum absolute atomic E-state index is 0.00426. The number of hydrazone groups is 1. The highest BCUT2D eigenvalue weighted by Crippen LogP contribution is 2.20. The molecule has 0 unspecified atom stereocenters. The third kappa shape index (κ3) is 5.52. The second-order valence-corrected chi connectivity index (χ2v) is 8.39. The molecule has 0 aliphatic heterocycles. The Morgan fingerprint density at radius 3 is 2.59 bits per heavy atom. The molecule has 0 aliphatic rings. The van der Waals surface area contributed by atoms with Gasteiger partial charge >= 0.3 is 0 Å². The molecular formula is C17H18BrN3O5S. The Kier molecular flexibility index (Phi) is 6.94. The summed E-state index contributed by atoms with van der Waals surface area (Å²) in [6.45, 7) is -0.420. The van der Waals surface area contributed by atoms with Crippen LogP contribution in [0.4, 0.5) is 0 Å². The fraction of sp³-hybridized carbons (Fsp3) is 0.176. The highest BCUT2D eigenvalue weighted by molar-refractivity contribution is 9.10. The Labute approximate surface area is 165 Å². The molecule has 10 heteroatoms. The van der Waals surface area contributed by atoms with Gasteiger partial charge in [0, 0.05) is 17.1 Å². The summed E-state index contributed by atoms with van der Waals surface area (Å²) >= 11 is 3.26. The monoisotopic (exact) mass is 455 g/mol. The van der Waals surface area contributed by atoms with E-state index in [0.29, 0.717) is 11.3 Å². The van der Waals surface area contributed by atoms with Crippen molar-refractivity contribution in [3.8, 4) is 11.5 Å². The third-order valence-corrected chi connectivity index (χ3v) is 5.83. The fourth-order valence-corrected chi connectivity index (χ4v) is 3.56. The first-order valence-corrected chi connectivity index (χ1v) is 9.88. The number of hydrogen-bond donors (Lipinski definition) is 2. The molecule has 144 valence electrons. The molecule has 8 nitrogen and oxygen atoms in total. The molecule has 0 aromatic heterocycles. The summed E-state index contributed by atoms with van der Waals surface area (Å²) in [6.07, 6.45) is 1.26. The SMILES string of the molecule is COc1ccc(S(=O)(=O)N(C)CC(=O)NN=Cc2cc(Br)ccc2O)cc1. The van der Waals surface area contributed by atoms with Crippen molar-refractivity contribution in [2.75, 3.05) is 20.7 Å². The van der Waals surface area contributed by atoms with Gasteiger partial charge in [0.05, 0.1) is 24.8 Å². The van der Waals surface area contributed by atoms with Crippen LogP contribution in [0, 0.1) is 0 Å². The normalized spacial score (nSPS) is 11.7. The predicted octanol–water partition coefficient (Wildman–Crippen LogP) is 1.93. The Bertz CT molecular complexity index is 946. The number of carbonyl (C=O) groups is 1. The van der Waals surface area contributed by atoms with Crippen molar-refractivity contribution < 1.29 is 23.1 Å². The summed E-state index contributed by atoms with van der Waals surface area (Å²) in [7, 11) is -1.05. The average Bonchev–Trinajstić information content (AvgIpc) is 2.64. The molecular weight excluding hydrogens is 438 g/mol. The summed E-state index contributed by atoms with van der Waals surface area (Å²) in [6, 6.07) is 10.6. The lowest BCUT2D eigenvalue weighted by Gasteiger charge is -2.16. The molecule has 2 aromatic rings. The van der Waals surface area contributed by atoms with Crippen molar-refractivity contribution in [3.63, 3.8) is 0 Å². The van der Waals surface area contributed by atoms with Crippen LogP contribution in [-0.4, -0.2) is 50.7 Å². The van der Waals surface area contributed by atoms with Gasteiger partial charge in [-0.3, -0.25) is 4.79 Å². The summed E-state index contributed by atoms with van der Waals surface area (Å²) in [4.78, 5) is 12.0. The van der Waals surface area contributed by atoms with Gasteiger partial charge < -0.3 is 9.84 Å². The van der Waals surface area contributed by atoms with Crippen LogP contribution < -0.4 is 10.2 Å². The number of hydrogen-bond acceptors (Lipinski definition) is 6. The van der Waals surface area contributed by atoms with Crippen LogP contribution in [0.5, 0.6) is 11.5 Å². The van der Waals surface area contributed by atoms with Gasteiger partial charge in [-0.25, -0.2) is 13.8 Å². The number of ether oxygens (including phenoxy) is 1. The van der Waals surface area contributed by atoms with Crippen molar-refractivity contribution in [2.45, 2.75) is 4.90 Å². The number of benzene rings is 2. The number of rotatable bonds is 7. The van der Waals surface area contributed by atoms with Crippen LogP contribution >= 0.6 is 15.9 Å². The number of amides is 1. The molecule has 0 bridgehead atoms. The van der Waals surface area contributed by atoms with Gasteiger partial charge in [-0.05, 0) is 42.5 Å². The van der Waals surface area contributed by atoms with Crippen LogP contribution in [0.25, 0.3) is 0 Å². The van der Waals surface area contributed by atoms with E-state index in [9.17, 15) is 18.3 Å². The smallest absolute Gasteiger partial charge is 0.255 e. The van der Waals surface area contributed by atoms with E-state index >= 15 is 0 Å². The molecule has 0 saturated carbocycles. The number of nitrogens with one attached hydrogen (secondary N) is 1. The van der Waals surface area contributed by atoms with Gasteiger partial charge in [-0.1, -0.05) is 15.9 Å². The van der Waals surface area contributed by atoms with E-state index in [1.54, 1.807) is 12.1 Å². The van der Waals surface area contributed by atoms with E-state index in [-0.39, 0.29) is 10.6 Å². The largest absolute Gasteiger partial charge is 0.507 e. The van der Waals surface area contributed by atoms with E-state index in [2.05, 4.69) is 26.5 Å². The molecule has 0 fully saturated rings. The number of sulfonamides is 1. The molecule has 0 radical (unpaired) electrons. The van der Waals surface area contributed by atoms with Gasteiger partial charge in [0.1, 0.15) is 11.5 Å². The van der Waals surface area contributed by atoms with Gasteiger partial charge in [-0.15, -0.1) is 0 Å². The quantitative estimate of drug-likeness (QED) is 0.489. The lowest BCUT2D eigenvalue weighted by atomic mass is 10.2. The highest BCUT2D eigenvalue weighted by atomic mass is 79.9. The lowest BCUT2D eigenvalue weighted by molar-refractivity contribution is -0.121. The number of carbonyl (C=O) groups excluding carboxylic acids is 1. The number of halogens is 1. The Morgan fingerprint density at radius 2 is 1.96 bits per heavy atom. The number of likely N-dealkylation sites (N-methyl/N-ethyl adjacent to an activating group) is 1. The molecule has 2 N–H and O–H groups in total. The molecule has 0 atom stereocenters. The minimum atomic E-state index is -3.83. The topological polar surface area (TPSA) is 108 Å². The van der Waals surface area contributed by atoms with Crippen LogP contribution in [0.3, 0.4) is 0 Å². The zero-order valence-corrected chi connectivity index (χ0v) is 17.0. The number of phenolic OH excluding ortho intramolecular Hbond substituents is 1. The lowest BCUT2D eigenvalue weighted by Crippen LogP contribution is -2.36. The minimum Gasteiger partial charge on any atom is -0.507 e. The van der Waals surface area contributed by atoms with Gasteiger partial charge in [-0.2, -0.15) is 9.41 Å². The molecule has 2 aromatic carbocycles. The van der Waals surface area contributed by atoms with Crippen LogP contribution in [-0.2, 0) is 14.8 Å². The second kappa shape index (κ2) is 8.98. The first kappa shape index (κ1) is 20.9. The summed E-state index contributed by atoms with van der Waals surface area (Å²) in [5.41, 5.74) is 2.62. The number of aromatic hydroxyl groups is 1. The fourth-order valence-electron chi connectivity index (χ4n) is 2.05. The molecule has 27 heavy (non-hydrogen) atoms. The first-order valence-electron chi connectivity index (χ1n) is 7.65.